The van der Waals surface area contributed by atoms with Crippen LogP contribution in [0.15, 0.2) is 53.1 Å². The van der Waals surface area contributed by atoms with Gasteiger partial charge in [-0.15, -0.1) is 0 Å². The third-order valence-corrected chi connectivity index (χ3v) is 2.83. The number of carbonyl (C=O) groups is 2. The summed E-state index contributed by atoms with van der Waals surface area (Å²) in [6, 6.07) is 11.1. The van der Waals surface area contributed by atoms with Crippen LogP contribution in [0.5, 0.6) is 0 Å². The van der Waals surface area contributed by atoms with Crippen molar-refractivity contribution < 1.29 is 23.6 Å². The molecule has 0 fully saturated rings. The van der Waals surface area contributed by atoms with Crippen molar-refractivity contribution in [3.63, 3.8) is 0 Å². The molecule has 0 bridgehead atoms. The van der Waals surface area contributed by atoms with E-state index in [1.165, 1.54) is 7.11 Å². The van der Waals surface area contributed by atoms with Gasteiger partial charge in [-0.3, -0.25) is 4.79 Å². The van der Waals surface area contributed by atoms with Gasteiger partial charge in [-0.05, 0) is 0 Å². The molecule has 6 heteroatoms. The summed E-state index contributed by atoms with van der Waals surface area (Å²) in [6.07, 6.45) is -0.0751. The maximum Gasteiger partial charge on any atom is 0.336 e. The number of ether oxygens (including phenoxy) is 2. The van der Waals surface area contributed by atoms with E-state index in [-0.39, 0.29) is 18.6 Å². The van der Waals surface area contributed by atoms with Gasteiger partial charge >= 0.3 is 11.9 Å². The minimum Gasteiger partial charge on any atom is -0.466 e. The molecule has 2 rings (SSSR count). The summed E-state index contributed by atoms with van der Waals surface area (Å²) in [5.41, 5.74) is 1.60. The lowest BCUT2D eigenvalue weighted by Crippen LogP contribution is -2.14. The molecule has 0 aliphatic heterocycles. The van der Waals surface area contributed by atoms with Gasteiger partial charge in [-0.1, -0.05) is 42.1 Å². The molecule has 22 heavy (non-hydrogen) atoms. The summed E-state index contributed by atoms with van der Waals surface area (Å²) in [4.78, 5) is 22.8. The third kappa shape index (κ3) is 4.05. The zero-order valence-electron chi connectivity index (χ0n) is 12.1. The zero-order valence-corrected chi connectivity index (χ0v) is 12.1. The van der Waals surface area contributed by atoms with E-state index in [9.17, 15) is 9.59 Å². The molecule has 1 heterocycles. The first kappa shape index (κ1) is 15.5. The molecule has 0 saturated heterocycles. The van der Waals surface area contributed by atoms with Crippen molar-refractivity contribution in [3.8, 4) is 11.3 Å². The fourth-order valence-electron chi connectivity index (χ4n) is 1.71. The van der Waals surface area contributed by atoms with Gasteiger partial charge in [0, 0.05) is 11.6 Å². The van der Waals surface area contributed by atoms with E-state index in [1.807, 2.05) is 30.3 Å². The predicted molar refractivity (Wildman–Crippen MR) is 77.8 cm³/mol. The van der Waals surface area contributed by atoms with Crippen molar-refractivity contribution in [2.75, 3.05) is 13.7 Å². The Kier molecular flexibility index (Phi) is 5.08. The highest BCUT2D eigenvalue weighted by Crippen LogP contribution is 2.18. The molecule has 0 aliphatic carbocycles. The number of hydrogen-bond donors (Lipinski definition) is 0. The van der Waals surface area contributed by atoms with E-state index >= 15 is 0 Å². The number of carbonyl (C=O) groups excluding carboxylic acids is 2. The molecule has 0 N–H and O–H groups in total. The Labute approximate surface area is 127 Å². The van der Waals surface area contributed by atoms with E-state index in [2.05, 4.69) is 16.5 Å². The maximum atomic E-state index is 11.7. The Morgan fingerprint density at radius 3 is 2.68 bits per heavy atom. The van der Waals surface area contributed by atoms with Crippen molar-refractivity contribution in [2.24, 2.45) is 0 Å². The molecule has 2 aromatic rings. The fourth-order valence-corrected chi connectivity index (χ4v) is 1.71. The third-order valence-electron chi connectivity index (χ3n) is 2.83. The van der Waals surface area contributed by atoms with Crippen LogP contribution in [0.3, 0.4) is 0 Å². The Morgan fingerprint density at radius 2 is 2.00 bits per heavy atom. The van der Waals surface area contributed by atoms with E-state index in [0.29, 0.717) is 11.5 Å². The molecule has 1 aromatic carbocycles. The topological polar surface area (TPSA) is 78.6 Å². The number of benzene rings is 1. The molecule has 0 saturated carbocycles. The van der Waals surface area contributed by atoms with E-state index < -0.39 is 11.9 Å². The molecule has 0 unspecified atom stereocenters. The van der Waals surface area contributed by atoms with Crippen molar-refractivity contribution in [1.29, 1.82) is 0 Å². The Balaban J connectivity index is 1.89. The van der Waals surface area contributed by atoms with Crippen molar-refractivity contribution in [2.45, 2.75) is 6.42 Å². The fraction of sp³-hybridized carbons (Fsp3) is 0.188. The van der Waals surface area contributed by atoms with Gasteiger partial charge in [0.05, 0.1) is 12.7 Å². The van der Waals surface area contributed by atoms with E-state index in [1.54, 1.807) is 6.07 Å². The summed E-state index contributed by atoms with van der Waals surface area (Å²) in [5, 5.41) is 3.90. The summed E-state index contributed by atoms with van der Waals surface area (Å²) in [5.74, 6) is -0.771. The summed E-state index contributed by atoms with van der Waals surface area (Å²) in [6.45, 7) is 3.24. The maximum absolute atomic E-state index is 11.7. The summed E-state index contributed by atoms with van der Waals surface area (Å²) >= 11 is 0. The van der Waals surface area contributed by atoms with Crippen LogP contribution in [0.4, 0.5) is 0 Å². The van der Waals surface area contributed by atoms with Crippen molar-refractivity contribution in [3.05, 3.63) is 54.3 Å². The van der Waals surface area contributed by atoms with Crippen LogP contribution >= 0.6 is 0 Å². The van der Waals surface area contributed by atoms with Gasteiger partial charge < -0.3 is 14.0 Å². The lowest BCUT2D eigenvalue weighted by atomic mass is 10.1. The lowest BCUT2D eigenvalue weighted by Gasteiger charge is -2.04. The van der Waals surface area contributed by atoms with Crippen LogP contribution in [-0.4, -0.2) is 30.8 Å². The number of aromatic nitrogens is 1. The van der Waals surface area contributed by atoms with E-state index in [0.717, 1.165) is 5.56 Å². The van der Waals surface area contributed by atoms with Gasteiger partial charge in [-0.2, -0.15) is 0 Å². The molecule has 1 aromatic heterocycles. The van der Waals surface area contributed by atoms with Gasteiger partial charge in [0.25, 0.3) is 0 Å². The van der Waals surface area contributed by atoms with Gasteiger partial charge in [0.2, 0.25) is 0 Å². The normalized spacial score (nSPS) is 10.0. The number of rotatable bonds is 6. The van der Waals surface area contributed by atoms with Crippen LogP contribution in [0.1, 0.15) is 5.76 Å². The van der Waals surface area contributed by atoms with Crippen LogP contribution in [0, 0.1) is 0 Å². The molecule has 0 aliphatic rings. The minimum atomic E-state index is -0.612. The van der Waals surface area contributed by atoms with E-state index in [4.69, 9.17) is 9.26 Å². The van der Waals surface area contributed by atoms with Gasteiger partial charge in [-0.25, -0.2) is 4.79 Å². The summed E-state index contributed by atoms with van der Waals surface area (Å²) < 4.78 is 14.5. The number of methoxy groups -OCH3 is 1. The smallest absolute Gasteiger partial charge is 0.336 e. The number of nitrogens with zero attached hydrogens (tertiary/aromatic N) is 1. The lowest BCUT2D eigenvalue weighted by molar-refractivity contribution is -0.143. The van der Waals surface area contributed by atoms with Gasteiger partial charge in [0.15, 0.2) is 0 Å². The van der Waals surface area contributed by atoms with Gasteiger partial charge in [0.1, 0.15) is 24.5 Å². The monoisotopic (exact) mass is 301 g/mol. The number of esters is 2. The highest BCUT2D eigenvalue weighted by atomic mass is 16.5. The predicted octanol–water partition coefficient (Wildman–Crippen LogP) is 2.16. The average molecular weight is 301 g/mol. The molecular formula is C16H15NO5. The SMILES string of the molecule is C=C(COC(=O)Cc1cc(-c2ccccc2)no1)C(=O)OC. The van der Waals surface area contributed by atoms with Crippen LogP contribution < -0.4 is 0 Å². The Hall–Kier alpha value is -2.89. The molecule has 0 spiro atoms. The highest BCUT2D eigenvalue weighted by Gasteiger charge is 2.14. The second-order valence-electron chi connectivity index (χ2n) is 4.48. The minimum absolute atomic E-state index is 0.0680. The first-order valence-electron chi connectivity index (χ1n) is 6.53. The first-order valence-corrected chi connectivity index (χ1v) is 6.53. The van der Waals surface area contributed by atoms with Crippen LogP contribution in [-0.2, 0) is 25.5 Å². The molecular weight excluding hydrogens is 286 g/mol. The average Bonchev–Trinajstić information content (AvgIpc) is 3.01. The molecule has 6 nitrogen and oxygen atoms in total. The quantitative estimate of drug-likeness (QED) is 0.601. The second-order valence-corrected chi connectivity index (χ2v) is 4.48. The standard InChI is InChI=1S/C16H15NO5/c1-11(16(19)20-2)10-21-15(18)9-13-8-14(17-22-13)12-6-4-3-5-7-12/h3-8H,1,9-10H2,2H3. The highest BCUT2D eigenvalue weighted by molar-refractivity contribution is 5.88. The van der Waals surface area contributed by atoms with Crippen molar-refractivity contribution >= 4 is 11.9 Å². The second kappa shape index (κ2) is 7.21. The largest absolute Gasteiger partial charge is 0.466 e. The van der Waals surface area contributed by atoms with Crippen LogP contribution in [0.2, 0.25) is 0 Å². The zero-order chi connectivity index (χ0) is 15.9. The van der Waals surface area contributed by atoms with Crippen LogP contribution in [0.25, 0.3) is 11.3 Å². The van der Waals surface area contributed by atoms with Crippen molar-refractivity contribution in [1.82, 2.24) is 5.16 Å². The Morgan fingerprint density at radius 1 is 1.27 bits per heavy atom. The molecule has 0 amide bonds. The molecule has 0 atom stereocenters. The molecule has 114 valence electrons. The first-order chi connectivity index (χ1) is 10.6. The summed E-state index contributed by atoms with van der Waals surface area (Å²) in [7, 11) is 1.23. The Bertz CT molecular complexity index is 675. The number of hydrogen-bond acceptors (Lipinski definition) is 6. The molecule has 0 radical (unpaired) electrons.